The predicted octanol–water partition coefficient (Wildman–Crippen LogP) is -1.98. The number of Topliss-reactive ketones (excluding diaryl/α,β-unsaturated/α-hetero) is 1. The summed E-state index contributed by atoms with van der Waals surface area (Å²) in [7, 11) is 0. The second-order valence-corrected chi connectivity index (χ2v) is 3.33. The van der Waals surface area contributed by atoms with E-state index in [0.717, 1.165) is 0 Å². The van der Waals surface area contributed by atoms with Crippen molar-refractivity contribution in [3.63, 3.8) is 0 Å². The van der Waals surface area contributed by atoms with Crippen LogP contribution in [0, 0.1) is 0 Å². The van der Waals surface area contributed by atoms with Crippen LogP contribution in [0.5, 0.6) is 0 Å². The van der Waals surface area contributed by atoms with Crippen LogP contribution in [-0.4, -0.2) is 11.9 Å². The number of carbonyl (C=O) groups is 1. The summed E-state index contributed by atoms with van der Waals surface area (Å²) in [6, 6.07) is 0. The summed E-state index contributed by atoms with van der Waals surface area (Å²) < 4.78 is 0. The summed E-state index contributed by atoms with van der Waals surface area (Å²) in [6.07, 6.45) is -1.24. The molecule has 0 bridgehead atoms. The van der Waals surface area contributed by atoms with E-state index in [-0.39, 0.29) is 34.0 Å². The van der Waals surface area contributed by atoms with E-state index in [4.69, 9.17) is 40.1 Å². The van der Waals surface area contributed by atoms with Gasteiger partial charge in [0.15, 0.2) is 5.78 Å². The molecule has 1 aromatic carbocycles. The molecule has 0 fully saturated rings. The molecule has 0 aliphatic rings. The molecule has 0 saturated carbocycles. The first kappa shape index (κ1) is 11.9. The Morgan fingerprint density at radius 1 is 0.750 bits per heavy atom. The molecule has 0 amide bonds. The monoisotopic (exact) mass is 225 g/mol. The molecule has 88 valence electrons. The topological polar surface area (TPSA) is 199 Å². The Morgan fingerprint density at radius 3 is 1.38 bits per heavy atom. The lowest BCUT2D eigenvalue weighted by molar-refractivity contribution is 0.0965. The normalized spacial score (nSPS) is 10.7. The minimum absolute atomic E-state index is 0.00398. The maximum atomic E-state index is 11.6. The molecule has 8 heteroatoms. The molecule has 8 nitrogen and oxygen atoms in total. The number of rotatable bonds is 2. The van der Waals surface area contributed by atoms with Gasteiger partial charge in [-0.2, -0.15) is 0 Å². The molecule has 0 aliphatic heterocycles. The fourth-order valence-electron chi connectivity index (χ4n) is 1.28. The van der Waals surface area contributed by atoms with E-state index in [2.05, 4.69) is 0 Å². The molecule has 1 aromatic rings. The van der Waals surface area contributed by atoms with Crippen molar-refractivity contribution in [3.05, 3.63) is 5.56 Å². The van der Waals surface area contributed by atoms with Gasteiger partial charge >= 0.3 is 0 Å². The summed E-state index contributed by atoms with van der Waals surface area (Å²) in [5.74, 6) is -0.645. The highest BCUT2D eigenvalue weighted by atomic mass is 16.1. The molecule has 0 radical (unpaired) electrons. The van der Waals surface area contributed by atoms with Crippen molar-refractivity contribution < 1.29 is 4.79 Å². The SMILES string of the molecule is Nc1c(N)c(N)c(C(=O)C(N)N)c(N)c1N. The van der Waals surface area contributed by atoms with Gasteiger partial charge in [0.2, 0.25) is 0 Å². The molecule has 0 heterocycles. The molecular weight excluding hydrogens is 210 g/mol. The molecule has 0 unspecified atom stereocenters. The van der Waals surface area contributed by atoms with Crippen LogP contribution in [-0.2, 0) is 0 Å². The van der Waals surface area contributed by atoms with Crippen LogP contribution in [0.25, 0.3) is 0 Å². The van der Waals surface area contributed by atoms with E-state index in [0.29, 0.717) is 0 Å². The summed E-state index contributed by atoms with van der Waals surface area (Å²) in [4.78, 5) is 11.6. The summed E-state index contributed by atoms with van der Waals surface area (Å²) in [5, 5.41) is 0. The van der Waals surface area contributed by atoms with Crippen molar-refractivity contribution in [2.24, 2.45) is 11.5 Å². The average Bonchev–Trinajstić information content (AvgIpc) is 2.23. The number of benzene rings is 1. The summed E-state index contributed by atoms with van der Waals surface area (Å²) in [6.45, 7) is 0. The molecule has 14 N–H and O–H groups in total. The van der Waals surface area contributed by atoms with E-state index in [1.165, 1.54) is 0 Å². The first-order chi connectivity index (χ1) is 7.29. The van der Waals surface area contributed by atoms with Crippen LogP contribution in [0.3, 0.4) is 0 Å². The number of hydrogen-bond acceptors (Lipinski definition) is 8. The zero-order chi connectivity index (χ0) is 12.6. The maximum Gasteiger partial charge on any atom is 0.198 e. The third-order valence-corrected chi connectivity index (χ3v) is 2.25. The summed E-state index contributed by atoms with van der Waals surface area (Å²) >= 11 is 0. The highest BCUT2D eigenvalue weighted by Gasteiger charge is 2.23. The van der Waals surface area contributed by atoms with Gasteiger partial charge in [0, 0.05) is 0 Å². The van der Waals surface area contributed by atoms with Gasteiger partial charge in [-0.3, -0.25) is 4.79 Å². The highest BCUT2D eigenvalue weighted by molar-refractivity contribution is 6.14. The minimum Gasteiger partial charge on any atom is -0.396 e. The Labute approximate surface area is 91.7 Å². The number of anilines is 5. The van der Waals surface area contributed by atoms with Gasteiger partial charge in [-0.15, -0.1) is 0 Å². The van der Waals surface area contributed by atoms with Gasteiger partial charge in [-0.1, -0.05) is 0 Å². The second kappa shape index (κ2) is 3.76. The van der Waals surface area contributed by atoms with Gasteiger partial charge in [0.05, 0.1) is 34.0 Å². The number of hydrogen-bond donors (Lipinski definition) is 7. The first-order valence-corrected chi connectivity index (χ1v) is 4.35. The zero-order valence-electron chi connectivity index (χ0n) is 8.53. The summed E-state index contributed by atoms with van der Waals surface area (Å²) in [5.41, 5.74) is 38.2. The van der Waals surface area contributed by atoms with Crippen LogP contribution < -0.4 is 40.1 Å². The maximum absolute atomic E-state index is 11.6. The van der Waals surface area contributed by atoms with Crippen molar-refractivity contribution in [1.29, 1.82) is 0 Å². The number of nitrogens with two attached hydrogens (primary N) is 7. The molecule has 0 aromatic heterocycles. The Kier molecular flexibility index (Phi) is 2.79. The van der Waals surface area contributed by atoms with E-state index in [1.807, 2.05) is 0 Å². The van der Waals surface area contributed by atoms with Crippen LogP contribution in [0.4, 0.5) is 28.4 Å². The molecule has 1 rings (SSSR count). The van der Waals surface area contributed by atoms with Crippen LogP contribution in [0.2, 0.25) is 0 Å². The van der Waals surface area contributed by atoms with Crippen molar-refractivity contribution in [2.75, 3.05) is 28.7 Å². The van der Waals surface area contributed by atoms with E-state index in [9.17, 15) is 4.79 Å². The van der Waals surface area contributed by atoms with Crippen LogP contribution in [0.1, 0.15) is 10.4 Å². The highest BCUT2D eigenvalue weighted by Crippen LogP contribution is 2.38. The quantitative estimate of drug-likeness (QED) is 0.170. The second-order valence-electron chi connectivity index (χ2n) is 3.33. The molecule has 0 spiro atoms. The van der Waals surface area contributed by atoms with Crippen LogP contribution in [0.15, 0.2) is 0 Å². The van der Waals surface area contributed by atoms with Gasteiger partial charge in [0.1, 0.15) is 6.17 Å². The lowest BCUT2D eigenvalue weighted by Gasteiger charge is -2.16. The Bertz CT molecular complexity index is 425. The lowest BCUT2D eigenvalue weighted by atomic mass is 10.0. The lowest BCUT2D eigenvalue weighted by Crippen LogP contribution is -2.40. The Balaban J connectivity index is 3.58. The van der Waals surface area contributed by atoms with Crippen molar-refractivity contribution >= 4 is 34.2 Å². The largest absolute Gasteiger partial charge is 0.396 e. The van der Waals surface area contributed by atoms with Crippen molar-refractivity contribution in [3.8, 4) is 0 Å². The van der Waals surface area contributed by atoms with Gasteiger partial charge in [-0.25, -0.2) is 0 Å². The smallest absolute Gasteiger partial charge is 0.198 e. The minimum atomic E-state index is -1.24. The third-order valence-electron chi connectivity index (χ3n) is 2.25. The Morgan fingerprint density at radius 2 is 1.06 bits per heavy atom. The fraction of sp³-hybridized carbons (Fsp3) is 0.125. The van der Waals surface area contributed by atoms with E-state index < -0.39 is 11.9 Å². The van der Waals surface area contributed by atoms with E-state index >= 15 is 0 Å². The fourth-order valence-corrected chi connectivity index (χ4v) is 1.28. The van der Waals surface area contributed by atoms with Crippen molar-refractivity contribution in [1.82, 2.24) is 0 Å². The molecule has 0 saturated heterocycles. The number of ketones is 1. The van der Waals surface area contributed by atoms with Gasteiger partial charge in [-0.05, 0) is 0 Å². The molecular formula is C8H15N7O. The van der Waals surface area contributed by atoms with Gasteiger partial charge in [0.25, 0.3) is 0 Å². The molecule has 0 aliphatic carbocycles. The van der Waals surface area contributed by atoms with Crippen LogP contribution >= 0.6 is 0 Å². The van der Waals surface area contributed by atoms with E-state index in [1.54, 1.807) is 0 Å². The number of carbonyl (C=O) groups excluding carboxylic acids is 1. The zero-order valence-corrected chi connectivity index (χ0v) is 8.53. The predicted molar refractivity (Wildman–Crippen MR) is 65.0 cm³/mol. The first-order valence-electron chi connectivity index (χ1n) is 4.35. The standard InChI is InChI=1S/C8H15N7O/c9-2-1(7(16)8(14)15)3(10)5(12)6(13)4(2)11/h8H,9-15H2. The molecule has 0 atom stereocenters. The van der Waals surface area contributed by atoms with Crippen molar-refractivity contribution in [2.45, 2.75) is 6.17 Å². The number of nitrogen functional groups attached to an aromatic ring is 5. The average molecular weight is 225 g/mol. The third kappa shape index (κ3) is 1.55. The Hall–Kier alpha value is -2.19. The van der Waals surface area contributed by atoms with Gasteiger partial charge < -0.3 is 40.1 Å². The molecule has 16 heavy (non-hydrogen) atoms.